The number of ether oxygens (including phenoxy) is 2. The Morgan fingerprint density at radius 2 is 1.77 bits per heavy atom. The van der Waals surface area contributed by atoms with Gasteiger partial charge in [0.25, 0.3) is 0 Å². The minimum Gasteiger partial charge on any atom is -0.616 e. The summed E-state index contributed by atoms with van der Waals surface area (Å²) >= 11 is 4.77. The number of nitrogens with zero attached hydrogens (tertiary/aromatic N) is 2. The van der Waals surface area contributed by atoms with E-state index in [2.05, 4.69) is 4.84 Å². The van der Waals surface area contributed by atoms with Gasteiger partial charge >= 0.3 is 6.09 Å². The number of rotatable bonds is 12. The molecule has 2 aliphatic rings. The number of carbonyl (C=O) groups is 1. The van der Waals surface area contributed by atoms with Crippen LogP contribution in [-0.4, -0.2) is 74.8 Å². The lowest BCUT2D eigenvalue weighted by Crippen LogP contribution is -2.58. The summed E-state index contributed by atoms with van der Waals surface area (Å²) in [5, 5.41) is 16.3. The minimum atomic E-state index is -1.03. The summed E-state index contributed by atoms with van der Waals surface area (Å²) in [7, 11) is 0. The molecule has 0 spiro atoms. The Bertz CT molecular complexity index is 1190. The molecule has 2 aromatic rings. The topological polar surface area (TPSA) is 115 Å². The number of benzene rings is 2. The van der Waals surface area contributed by atoms with Crippen molar-refractivity contribution in [3.05, 3.63) is 70.3 Å². The predicted octanol–water partition coefficient (Wildman–Crippen LogP) is 5.15. The second-order valence-corrected chi connectivity index (χ2v) is 11.5. The zero-order valence-corrected chi connectivity index (χ0v) is 23.2. The summed E-state index contributed by atoms with van der Waals surface area (Å²) < 4.78 is 50.6. The van der Waals surface area contributed by atoms with Crippen LogP contribution in [-0.2, 0) is 27.2 Å². The Kier molecular flexibility index (Phi) is 11.0. The first-order chi connectivity index (χ1) is 19.2. The van der Waals surface area contributed by atoms with Crippen molar-refractivity contribution in [3.8, 4) is 5.75 Å². The summed E-state index contributed by atoms with van der Waals surface area (Å²) in [6.07, 6.45) is 4.29. The third-order valence-electron chi connectivity index (χ3n) is 6.70. The van der Waals surface area contributed by atoms with Crippen molar-refractivity contribution in [2.24, 2.45) is 0 Å². The summed E-state index contributed by atoms with van der Waals surface area (Å²) in [4.78, 5) is 19.0. The molecule has 0 aliphatic carbocycles. The lowest BCUT2D eigenvalue weighted by Gasteiger charge is -2.43. The molecule has 0 aromatic heterocycles. The van der Waals surface area contributed by atoms with Crippen LogP contribution in [0, 0.1) is 11.6 Å². The van der Waals surface area contributed by atoms with Gasteiger partial charge in [-0.25, -0.2) is 13.6 Å². The highest BCUT2D eigenvalue weighted by Gasteiger charge is 2.43. The molecule has 2 aromatic carbocycles. The van der Waals surface area contributed by atoms with Crippen molar-refractivity contribution in [1.82, 2.24) is 10.3 Å². The van der Waals surface area contributed by atoms with Crippen LogP contribution in [0.5, 0.6) is 5.75 Å². The molecule has 2 bridgehead atoms. The maximum atomic E-state index is 13.8. The van der Waals surface area contributed by atoms with Gasteiger partial charge in [-0.15, -0.1) is 0 Å². The number of amides is 1. The van der Waals surface area contributed by atoms with E-state index < -0.39 is 28.9 Å². The lowest BCUT2D eigenvalue weighted by atomic mass is 9.91. The molecule has 3 atom stereocenters. The van der Waals surface area contributed by atoms with Gasteiger partial charge in [0.1, 0.15) is 22.3 Å². The SMILES string of the molecule is O=C(OCCCCON(O)O)N1C2C=C(c3ccc(CCCOc4c(F)ccc(F)c4Cl)cc3)CC1C[S+]([O-])C2. The molecule has 3 unspecified atom stereocenters. The largest absolute Gasteiger partial charge is 0.616 e. The maximum absolute atomic E-state index is 13.8. The van der Waals surface area contributed by atoms with E-state index in [0.717, 1.165) is 28.8 Å². The van der Waals surface area contributed by atoms with Crippen molar-refractivity contribution in [2.45, 2.75) is 44.2 Å². The van der Waals surface area contributed by atoms with Crippen LogP contribution in [0.4, 0.5) is 13.6 Å². The Hall–Kier alpha value is -2.45. The van der Waals surface area contributed by atoms with E-state index in [1.807, 2.05) is 30.3 Å². The molecule has 1 saturated heterocycles. The summed E-state index contributed by atoms with van der Waals surface area (Å²) in [5.74, 6) is -0.991. The van der Waals surface area contributed by atoms with Crippen LogP contribution in [0.2, 0.25) is 5.02 Å². The van der Waals surface area contributed by atoms with Crippen molar-refractivity contribution < 1.29 is 42.9 Å². The monoisotopic (exact) mass is 600 g/mol. The number of fused-ring (bicyclic) bond motifs is 2. The quantitative estimate of drug-likeness (QED) is 0.149. The van der Waals surface area contributed by atoms with Crippen LogP contribution < -0.4 is 4.74 Å². The molecule has 0 radical (unpaired) electrons. The number of hydrogen-bond acceptors (Lipinski definition) is 8. The minimum absolute atomic E-state index is 0.0704. The fourth-order valence-corrected chi connectivity index (χ4v) is 6.49. The first-order valence-electron chi connectivity index (χ1n) is 12.9. The molecule has 13 heteroatoms. The van der Waals surface area contributed by atoms with Gasteiger partial charge in [-0.1, -0.05) is 41.9 Å². The summed E-state index contributed by atoms with van der Waals surface area (Å²) in [6.45, 7) is 0.406. The number of hydrogen-bond donors (Lipinski definition) is 2. The van der Waals surface area contributed by atoms with Gasteiger partial charge in [0.15, 0.2) is 11.6 Å². The van der Waals surface area contributed by atoms with E-state index in [1.165, 1.54) is 0 Å². The average Bonchev–Trinajstić information content (AvgIpc) is 2.91. The molecule has 2 aliphatic heterocycles. The molecule has 1 amide bonds. The van der Waals surface area contributed by atoms with Crippen LogP contribution in [0.15, 0.2) is 42.5 Å². The molecular weight excluding hydrogens is 570 g/mol. The lowest BCUT2D eigenvalue weighted by molar-refractivity contribution is -0.492. The first-order valence-corrected chi connectivity index (χ1v) is 14.8. The van der Waals surface area contributed by atoms with Gasteiger partial charge in [-0.2, -0.15) is 0 Å². The molecule has 1 fully saturated rings. The molecule has 2 N–H and O–H groups in total. The van der Waals surface area contributed by atoms with Crippen LogP contribution in [0.1, 0.15) is 36.8 Å². The van der Waals surface area contributed by atoms with Crippen LogP contribution in [0.3, 0.4) is 0 Å². The van der Waals surface area contributed by atoms with Crippen molar-refractivity contribution in [1.29, 1.82) is 0 Å². The number of halogens is 3. The molecule has 0 saturated carbocycles. The predicted molar refractivity (Wildman–Crippen MR) is 143 cm³/mol. The van der Waals surface area contributed by atoms with E-state index in [-0.39, 0.29) is 48.1 Å². The van der Waals surface area contributed by atoms with Crippen molar-refractivity contribution >= 4 is 34.4 Å². The Labute approximate surface area is 238 Å². The van der Waals surface area contributed by atoms with Crippen molar-refractivity contribution in [2.75, 3.05) is 31.3 Å². The second-order valence-electron chi connectivity index (χ2n) is 9.53. The van der Waals surface area contributed by atoms with Gasteiger partial charge < -0.3 is 14.0 Å². The van der Waals surface area contributed by atoms with Crippen LogP contribution in [0.25, 0.3) is 5.57 Å². The fourth-order valence-electron chi connectivity index (χ4n) is 4.80. The highest BCUT2D eigenvalue weighted by Crippen LogP contribution is 2.35. The third kappa shape index (κ3) is 8.06. The van der Waals surface area contributed by atoms with E-state index in [0.29, 0.717) is 43.6 Å². The molecular formula is C27H31ClF2N2O7S. The highest BCUT2D eigenvalue weighted by atomic mass is 35.5. The van der Waals surface area contributed by atoms with E-state index in [1.54, 1.807) is 4.90 Å². The molecule has 40 heavy (non-hydrogen) atoms. The van der Waals surface area contributed by atoms with Gasteiger partial charge in [0.05, 0.1) is 37.3 Å². The molecule has 2 heterocycles. The third-order valence-corrected chi connectivity index (χ3v) is 8.52. The molecule has 218 valence electrons. The van der Waals surface area contributed by atoms with E-state index in [4.69, 9.17) is 31.5 Å². The summed E-state index contributed by atoms with van der Waals surface area (Å²) in [6, 6.07) is 9.38. The zero-order chi connectivity index (χ0) is 28.6. The smallest absolute Gasteiger partial charge is 0.410 e. The zero-order valence-electron chi connectivity index (χ0n) is 21.6. The first kappa shape index (κ1) is 30.5. The normalized spacial score (nSPS) is 20.4. The standard InChI is InChI=1S/C27H31ClF2N2O7S/c28-25-23(29)9-10-24(30)26(25)37-12-3-4-18-5-7-19(8-6-18)20-14-21-16-40(36)17-22(15-20)31(21)27(33)38-11-1-2-13-39-32(34)35/h5-10,14,21-22,34-35H,1-4,11-13,15-17H2. The van der Waals surface area contributed by atoms with Gasteiger partial charge in [0, 0.05) is 0 Å². The molecule has 4 rings (SSSR count). The maximum Gasteiger partial charge on any atom is 0.410 e. The van der Waals surface area contributed by atoms with Gasteiger partial charge in [-0.3, -0.25) is 20.2 Å². The number of aryl methyl sites for hydroxylation is 1. The second kappa shape index (κ2) is 14.4. The fraction of sp³-hybridized carbons (Fsp3) is 0.444. The number of carbonyl (C=O) groups excluding carboxylic acids is 1. The average molecular weight is 601 g/mol. The Morgan fingerprint density at radius 3 is 2.50 bits per heavy atom. The van der Waals surface area contributed by atoms with E-state index in [9.17, 15) is 18.1 Å². The van der Waals surface area contributed by atoms with E-state index >= 15 is 0 Å². The highest BCUT2D eigenvalue weighted by molar-refractivity contribution is 7.91. The summed E-state index contributed by atoms with van der Waals surface area (Å²) in [5.41, 5.74) is 3.15. The van der Waals surface area contributed by atoms with Crippen molar-refractivity contribution in [3.63, 3.8) is 0 Å². The van der Waals surface area contributed by atoms with Crippen LogP contribution >= 0.6 is 11.6 Å². The number of unbranched alkanes of at least 4 members (excludes halogenated alkanes) is 1. The molecule has 9 nitrogen and oxygen atoms in total. The van der Waals surface area contributed by atoms with Gasteiger partial charge in [0.2, 0.25) is 0 Å². The van der Waals surface area contributed by atoms with Gasteiger partial charge in [-0.05, 0) is 72.1 Å². The Morgan fingerprint density at radius 1 is 1.05 bits per heavy atom. The Balaban J connectivity index is 1.29.